The molecule has 1 aliphatic carbocycles. The molecule has 1 heterocycles. The first kappa shape index (κ1) is 20.0. The van der Waals surface area contributed by atoms with Crippen LogP contribution in [0.2, 0.25) is 0 Å². The lowest BCUT2D eigenvalue weighted by Gasteiger charge is -2.42. The molecule has 2 aromatic rings. The van der Waals surface area contributed by atoms with Crippen LogP contribution in [0.15, 0.2) is 30.3 Å². The topological polar surface area (TPSA) is 70.4 Å². The van der Waals surface area contributed by atoms with Gasteiger partial charge in [-0.2, -0.15) is 0 Å². The average molecular weight is 388 g/mol. The van der Waals surface area contributed by atoms with Gasteiger partial charge >= 0.3 is 5.97 Å². The van der Waals surface area contributed by atoms with E-state index in [-0.39, 0.29) is 11.8 Å². The number of rotatable bonds is 7. The number of nitrogens with zero attached hydrogens (tertiary/aromatic N) is 1. The molecular formula is C22H29NO3S. The summed E-state index contributed by atoms with van der Waals surface area (Å²) >= 11 is 1.61. The van der Waals surface area contributed by atoms with Crippen molar-refractivity contribution in [1.29, 1.82) is 0 Å². The van der Waals surface area contributed by atoms with Gasteiger partial charge in [-0.25, -0.2) is 4.98 Å². The molecule has 3 rings (SSSR count). The third kappa shape index (κ3) is 4.77. The van der Waals surface area contributed by atoms with Gasteiger partial charge in [-0.15, -0.1) is 11.3 Å². The number of carbonyl (C=O) groups is 1. The van der Waals surface area contributed by atoms with E-state index in [1.54, 1.807) is 11.3 Å². The molecule has 1 fully saturated rings. The van der Waals surface area contributed by atoms with Crippen molar-refractivity contribution in [2.45, 2.75) is 70.8 Å². The van der Waals surface area contributed by atoms with Gasteiger partial charge < -0.3 is 10.2 Å². The molecule has 1 aromatic heterocycles. The highest BCUT2D eigenvalue weighted by molar-refractivity contribution is 7.12. The number of unbranched alkanes of at least 4 members (excludes halogenated alkanes) is 1. The number of hydrogen-bond acceptors (Lipinski definition) is 4. The Morgan fingerprint density at radius 3 is 2.44 bits per heavy atom. The van der Waals surface area contributed by atoms with Crippen molar-refractivity contribution in [2.24, 2.45) is 5.41 Å². The summed E-state index contributed by atoms with van der Waals surface area (Å²) in [6, 6.07) is 10.1. The lowest BCUT2D eigenvalue weighted by Crippen LogP contribution is -2.35. The van der Waals surface area contributed by atoms with E-state index in [0.717, 1.165) is 66.1 Å². The lowest BCUT2D eigenvalue weighted by atomic mass is 9.67. The van der Waals surface area contributed by atoms with Crippen LogP contribution in [-0.4, -0.2) is 21.2 Å². The van der Waals surface area contributed by atoms with E-state index in [4.69, 9.17) is 10.1 Å². The summed E-state index contributed by atoms with van der Waals surface area (Å²) in [6.45, 7) is 4.28. The Bertz CT molecular complexity index is 776. The molecule has 0 radical (unpaired) electrons. The zero-order valence-corrected chi connectivity index (χ0v) is 17.0. The van der Waals surface area contributed by atoms with Crippen LogP contribution in [0, 0.1) is 12.3 Å². The Kier molecular flexibility index (Phi) is 6.02. The molecule has 1 aliphatic rings. The van der Waals surface area contributed by atoms with Crippen molar-refractivity contribution < 1.29 is 15.0 Å². The van der Waals surface area contributed by atoms with Crippen LogP contribution < -0.4 is 0 Å². The quantitative estimate of drug-likeness (QED) is 0.613. The van der Waals surface area contributed by atoms with Gasteiger partial charge in [-0.05, 0) is 50.9 Å². The van der Waals surface area contributed by atoms with Gasteiger partial charge in [-0.3, -0.25) is 4.79 Å². The number of carboxylic acid groups (broad SMARTS) is 1. The molecule has 146 valence electrons. The largest absolute Gasteiger partial charge is 0.481 e. The molecule has 0 aliphatic heterocycles. The Hall–Kier alpha value is -1.72. The predicted molar refractivity (Wildman–Crippen MR) is 109 cm³/mol. The molecule has 0 bridgehead atoms. The maximum atomic E-state index is 11.5. The first-order valence-electron chi connectivity index (χ1n) is 9.79. The van der Waals surface area contributed by atoms with E-state index >= 15 is 0 Å². The van der Waals surface area contributed by atoms with Crippen LogP contribution in [0.5, 0.6) is 0 Å². The van der Waals surface area contributed by atoms with Gasteiger partial charge in [0.05, 0.1) is 15.6 Å². The minimum atomic E-state index is -0.808. The van der Waals surface area contributed by atoms with Crippen LogP contribution in [0.1, 0.15) is 68.2 Å². The second-order valence-corrected chi connectivity index (χ2v) is 9.42. The summed E-state index contributed by atoms with van der Waals surface area (Å²) in [7, 11) is 0. The number of aliphatic hydroxyl groups is 1. The number of aliphatic carboxylic acids is 1. The molecule has 0 spiro atoms. The molecule has 0 unspecified atom stereocenters. The number of hydrogen-bond donors (Lipinski definition) is 2. The second-order valence-electron chi connectivity index (χ2n) is 8.22. The number of benzene rings is 1. The van der Waals surface area contributed by atoms with E-state index in [0.29, 0.717) is 0 Å². The highest BCUT2D eigenvalue weighted by Crippen LogP contribution is 2.50. The van der Waals surface area contributed by atoms with Gasteiger partial charge in [0.2, 0.25) is 0 Å². The summed E-state index contributed by atoms with van der Waals surface area (Å²) in [4.78, 5) is 16.4. The maximum absolute atomic E-state index is 11.5. The van der Waals surface area contributed by atoms with E-state index in [2.05, 4.69) is 19.1 Å². The smallest absolute Gasteiger partial charge is 0.303 e. The molecule has 5 heteroatoms. The highest BCUT2D eigenvalue weighted by atomic mass is 32.1. The standard InChI is InChI=1S/C22H29NO3S/c1-16-23-19(17-8-4-3-5-9-17)20(27-16)22(26)14-12-21(2,13-15-22)11-7-6-10-18(24)25/h3-5,8-9,26H,6-7,10-15H2,1-2H3,(H,24,25). The summed E-state index contributed by atoms with van der Waals surface area (Å²) < 4.78 is 0. The summed E-state index contributed by atoms with van der Waals surface area (Å²) in [6.07, 6.45) is 6.36. The van der Waals surface area contributed by atoms with Crippen molar-refractivity contribution >= 4 is 17.3 Å². The van der Waals surface area contributed by atoms with Gasteiger partial charge in [-0.1, -0.05) is 43.7 Å². The van der Waals surface area contributed by atoms with Crippen LogP contribution in [-0.2, 0) is 10.4 Å². The lowest BCUT2D eigenvalue weighted by molar-refractivity contribution is -0.137. The Labute approximate surface area is 165 Å². The van der Waals surface area contributed by atoms with Crippen molar-refractivity contribution in [3.05, 3.63) is 40.2 Å². The van der Waals surface area contributed by atoms with Crippen LogP contribution >= 0.6 is 11.3 Å². The summed E-state index contributed by atoms with van der Waals surface area (Å²) in [5.74, 6) is -0.716. The van der Waals surface area contributed by atoms with Gasteiger partial charge in [0, 0.05) is 12.0 Å². The zero-order chi connectivity index (χ0) is 19.5. The van der Waals surface area contributed by atoms with Gasteiger partial charge in [0.25, 0.3) is 0 Å². The third-order valence-corrected chi connectivity index (χ3v) is 7.07. The van der Waals surface area contributed by atoms with E-state index in [1.807, 2.05) is 25.1 Å². The van der Waals surface area contributed by atoms with Crippen molar-refractivity contribution in [3.8, 4) is 11.3 Å². The second kappa shape index (κ2) is 8.11. The van der Waals surface area contributed by atoms with E-state index < -0.39 is 11.6 Å². The van der Waals surface area contributed by atoms with E-state index in [9.17, 15) is 9.90 Å². The highest BCUT2D eigenvalue weighted by Gasteiger charge is 2.42. The minimum absolute atomic E-state index is 0.192. The third-order valence-electron chi connectivity index (χ3n) is 5.91. The molecule has 27 heavy (non-hydrogen) atoms. The molecule has 4 nitrogen and oxygen atoms in total. The van der Waals surface area contributed by atoms with Gasteiger partial charge in [0.1, 0.15) is 5.60 Å². The fourth-order valence-electron chi connectivity index (χ4n) is 4.11. The van der Waals surface area contributed by atoms with Crippen LogP contribution in [0.25, 0.3) is 11.3 Å². The monoisotopic (exact) mass is 387 g/mol. The van der Waals surface area contributed by atoms with Crippen LogP contribution in [0.3, 0.4) is 0 Å². The SMILES string of the molecule is Cc1nc(-c2ccccc2)c(C2(O)CCC(C)(CCCCC(=O)O)CC2)s1. The molecule has 0 amide bonds. The molecule has 1 aromatic carbocycles. The van der Waals surface area contributed by atoms with Crippen molar-refractivity contribution in [1.82, 2.24) is 4.98 Å². The van der Waals surface area contributed by atoms with Crippen LogP contribution in [0.4, 0.5) is 0 Å². The van der Waals surface area contributed by atoms with Crippen molar-refractivity contribution in [2.75, 3.05) is 0 Å². The molecule has 0 atom stereocenters. The molecule has 0 saturated heterocycles. The molecule has 2 N–H and O–H groups in total. The number of carboxylic acids is 1. The Morgan fingerprint density at radius 2 is 1.81 bits per heavy atom. The minimum Gasteiger partial charge on any atom is -0.481 e. The number of thiazole rings is 1. The fourth-order valence-corrected chi connectivity index (χ4v) is 5.19. The molecular weight excluding hydrogens is 358 g/mol. The summed E-state index contributed by atoms with van der Waals surface area (Å²) in [5, 5.41) is 21.2. The molecule has 1 saturated carbocycles. The maximum Gasteiger partial charge on any atom is 0.303 e. The van der Waals surface area contributed by atoms with Crippen molar-refractivity contribution in [3.63, 3.8) is 0 Å². The normalized spacial score (nSPS) is 25.4. The number of aromatic nitrogens is 1. The Balaban J connectivity index is 1.70. The average Bonchev–Trinajstić information content (AvgIpc) is 3.05. The number of aryl methyl sites for hydroxylation is 1. The van der Waals surface area contributed by atoms with E-state index in [1.165, 1.54) is 0 Å². The van der Waals surface area contributed by atoms with Gasteiger partial charge in [0.15, 0.2) is 0 Å². The summed E-state index contributed by atoms with van der Waals surface area (Å²) in [5.41, 5.74) is 1.37. The fraction of sp³-hybridized carbons (Fsp3) is 0.545. The first-order valence-corrected chi connectivity index (χ1v) is 10.6. The first-order chi connectivity index (χ1) is 12.8. The zero-order valence-electron chi connectivity index (χ0n) is 16.2. The predicted octanol–water partition coefficient (Wildman–Crippen LogP) is 5.53. The Morgan fingerprint density at radius 1 is 1.15 bits per heavy atom.